The number of morpholine rings is 2. The average Bonchev–Trinajstić information content (AvgIpc) is 3.23. The Kier molecular flexibility index (Phi) is 5.67. The summed E-state index contributed by atoms with van der Waals surface area (Å²) in [6.45, 7) is 7.14. The molecule has 0 spiro atoms. The normalized spacial score (nSPS) is 17.5. The van der Waals surface area contributed by atoms with Crippen LogP contribution in [0.3, 0.4) is 0 Å². The van der Waals surface area contributed by atoms with Gasteiger partial charge >= 0.3 is 0 Å². The van der Waals surface area contributed by atoms with E-state index in [0.717, 1.165) is 77.2 Å². The van der Waals surface area contributed by atoms with E-state index in [2.05, 4.69) is 56.6 Å². The quantitative estimate of drug-likeness (QED) is 0.648. The van der Waals surface area contributed by atoms with E-state index in [1.807, 2.05) is 0 Å². The molecule has 0 saturated carbocycles. The van der Waals surface area contributed by atoms with Crippen molar-refractivity contribution in [2.45, 2.75) is 6.42 Å². The second-order valence-corrected chi connectivity index (χ2v) is 7.64. The van der Waals surface area contributed by atoms with Crippen molar-refractivity contribution in [1.29, 1.82) is 0 Å². The van der Waals surface area contributed by atoms with Crippen LogP contribution in [0.4, 0.5) is 17.6 Å². The second-order valence-electron chi connectivity index (χ2n) is 7.64. The molecule has 8 heteroatoms. The fourth-order valence-corrected chi connectivity index (χ4v) is 4.06. The average molecular weight is 409 g/mol. The number of hydrogen-bond acceptors (Lipinski definition) is 7. The van der Waals surface area contributed by atoms with Crippen LogP contribution >= 0.6 is 0 Å². The summed E-state index contributed by atoms with van der Waals surface area (Å²) in [6.07, 6.45) is 3.00. The van der Waals surface area contributed by atoms with Crippen LogP contribution in [0.1, 0.15) is 5.56 Å². The molecule has 2 N–H and O–H groups in total. The lowest BCUT2D eigenvalue weighted by Crippen LogP contribution is -2.39. The van der Waals surface area contributed by atoms with Crippen molar-refractivity contribution in [3.05, 3.63) is 42.1 Å². The van der Waals surface area contributed by atoms with Crippen molar-refractivity contribution >= 4 is 28.5 Å². The first-order valence-electron chi connectivity index (χ1n) is 10.7. The zero-order chi connectivity index (χ0) is 20.2. The van der Waals surface area contributed by atoms with Gasteiger partial charge in [-0.25, -0.2) is 0 Å². The summed E-state index contributed by atoms with van der Waals surface area (Å²) in [5.41, 5.74) is 2.48. The third-order valence-electron chi connectivity index (χ3n) is 5.72. The Morgan fingerprint density at radius 1 is 0.900 bits per heavy atom. The molecule has 8 nitrogen and oxygen atoms in total. The lowest BCUT2D eigenvalue weighted by molar-refractivity contribution is 0.122. The van der Waals surface area contributed by atoms with Crippen LogP contribution in [-0.2, 0) is 15.9 Å². The van der Waals surface area contributed by atoms with E-state index >= 15 is 0 Å². The number of H-pyrrole nitrogens is 1. The molecule has 2 aliphatic rings. The van der Waals surface area contributed by atoms with Crippen molar-refractivity contribution in [1.82, 2.24) is 15.0 Å². The van der Waals surface area contributed by atoms with E-state index in [4.69, 9.17) is 19.4 Å². The summed E-state index contributed by atoms with van der Waals surface area (Å²) in [6, 6.07) is 10.5. The van der Waals surface area contributed by atoms with Crippen LogP contribution in [0.25, 0.3) is 10.9 Å². The Bertz CT molecular complexity index is 942. The van der Waals surface area contributed by atoms with Gasteiger partial charge in [0, 0.05) is 55.9 Å². The molecule has 158 valence electrons. The standard InChI is InChI=1S/C22H28N6O2/c1-2-4-19-18(3-1)17(16-24-19)5-6-23-22-25-20(27-7-11-29-12-8-27)15-21(26-22)28-9-13-30-14-10-28/h1-4,15-16,24H,5-14H2,(H,23,25,26). The molecular formula is C22H28N6O2. The minimum Gasteiger partial charge on any atom is -0.378 e. The maximum atomic E-state index is 5.51. The van der Waals surface area contributed by atoms with Gasteiger partial charge in [-0.3, -0.25) is 0 Å². The van der Waals surface area contributed by atoms with Crippen molar-refractivity contribution in [2.75, 3.05) is 74.3 Å². The predicted octanol–water partition coefficient (Wildman–Crippen LogP) is 2.29. The molecule has 2 fully saturated rings. The Balaban J connectivity index is 1.33. The Morgan fingerprint density at radius 3 is 2.20 bits per heavy atom. The first-order chi connectivity index (χ1) is 14.9. The van der Waals surface area contributed by atoms with Crippen molar-refractivity contribution in [2.24, 2.45) is 0 Å². The van der Waals surface area contributed by atoms with Gasteiger partial charge in [-0.15, -0.1) is 0 Å². The largest absolute Gasteiger partial charge is 0.378 e. The molecule has 30 heavy (non-hydrogen) atoms. The van der Waals surface area contributed by atoms with Gasteiger partial charge in [0.05, 0.1) is 26.4 Å². The van der Waals surface area contributed by atoms with Crippen LogP contribution in [0.15, 0.2) is 36.5 Å². The molecule has 1 aromatic carbocycles. The highest BCUT2D eigenvalue weighted by Gasteiger charge is 2.19. The molecule has 4 heterocycles. The number of para-hydroxylation sites is 1. The van der Waals surface area contributed by atoms with Gasteiger partial charge in [0.1, 0.15) is 11.6 Å². The van der Waals surface area contributed by atoms with E-state index in [1.165, 1.54) is 16.5 Å². The van der Waals surface area contributed by atoms with Gasteiger partial charge in [-0.2, -0.15) is 9.97 Å². The Hall–Kier alpha value is -2.84. The second kappa shape index (κ2) is 8.89. The van der Waals surface area contributed by atoms with Gasteiger partial charge in [0.15, 0.2) is 0 Å². The van der Waals surface area contributed by atoms with E-state index in [0.29, 0.717) is 5.95 Å². The maximum absolute atomic E-state index is 5.51. The van der Waals surface area contributed by atoms with Crippen molar-refractivity contribution in [3.63, 3.8) is 0 Å². The van der Waals surface area contributed by atoms with Gasteiger partial charge in [-0.05, 0) is 18.1 Å². The highest BCUT2D eigenvalue weighted by Crippen LogP contribution is 2.23. The molecule has 0 atom stereocenters. The summed E-state index contributed by atoms with van der Waals surface area (Å²) in [7, 11) is 0. The molecular weight excluding hydrogens is 380 g/mol. The van der Waals surface area contributed by atoms with Crippen molar-refractivity contribution in [3.8, 4) is 0 Å². The van der Waals surface area contributed by atoms with Gasteiger partial charge in [0.25, 0.3) is 0 Å². The summed E-state index contributed by atoms with van der Waals surface area (Å²) in [4.78, 5) is 17.5. The van der Waals surface area contributed by atoms with E-state index in [9.17, 15) is 0 Å². The SMILES string of the molecule is c1ccc2c(CCNc3nc(N4CCOCC4)cc(N4CCOCC4)n3)c[nH]c2c1. The molecule has 0 aliphatic carbocycles. The molecule has 0 amide bonds. The smallest absolute Gasteiger partial charge is 0.226 e. The number of benzene rings is 1. The van der Waals surface area contributed by atoms with Crippen LogP contribution in [0.2, 0.25) is 0 Å². The van der Waals surface area contributed by atoms with Crippen LogP contribution in [0, 0.1) is 0 Å². The fourth-order valence-electron chi connectivity index (χ4n) is 4.06. The summed E-state index contributed by atoms with van der Waals surface area (Å²) >= 11 is 0. The zero-order valence-electron chi connectivity index (χ0n) is 17.1. The summed E-state index contributed by atoms with van der Waals surface area (Å²) in [5.74, 6) is 2.61. The molecule has 3 aromatic rings. The van der Waals surface area contributed by atoms with Crippen LogP contribution < -0.4 is 15.1 Å². The Labute approximate surface area is 176 Å². The molecule has 2 aliphatic heterocycles. The van der Waals surface area contributed by atoms with Gasteiger partial charge < -0.3 is 29.6 Å². The number of aromatic nitrogens is 3. The molecule has 5 rings (SSSR count). The van der Waals surface area contributed by atoms with Crippen molar-refractivity contribution < 1.29 is 9.47 Å². The van der Waals surface area contributed by atoms with E-state index in [-0.39, 0.29) is 0 Å². The van der Waals surface area contributed by atoms with E-state index in [1.54, 1.807) is 0 Å². The number of ether oxygens (including phenoxy) is 2. The van der Waals surface area contributed by atoms with Gasteiger partial charge in [0.2, 0.25) is 5.95 Å². The molecule has 0 bridgehead atoms. The number of rotatable bonds is 6. The van der Waals surface area contributed by atoms with E-state index < -0.39 is 0 Å². The van der Waals surface area contributed by atoms with Gasteiger partial charge in [-0.1, -0.05) is 18.2 Å². The number of aromatic amines is 1. The highest BCUT2D eigenvalue weighted by atomic mass is 16.5. The maximum Gasteiger partial charge on any atom is 0.226 e. The lowest BCUT2D eigenvalue weighted by Gasteiger charge is -2.31. The first kappa shape index (κ1) is 19.1. The minimum absolute atomic E-state index is 0.681. The number of anilines is 3. The monoisotopic (exact) mass is 408 g/mol. The van der Waals surface area contributed by atoms with Crippen LogP contribution in [0.5, 0.6) is 0 Å². The third-order valence-corrected chi connectivity index (χ3v) is 5.72. The molecule has 2 saturated heterocycles. The molecule has 2 aromatic heterocycles. The topological polar surface area (TPSA) is 78.5 Å². The highest BCUT2D eigenvalue weighted by molar-refractivity contribution is 5.83. The number of fused-ring (bicyclic) bond motifs is 1. The number of nitrogens with one attached hydrogen (secondary N) is 2. The summed E-state index contributed by atoms with van der Waals surface area (Å²) in [5, 5.41) is 4.73. The Morgan fingerprint density at radius 2 is 1.53 bits per heavy atom. The summed E-state index contributed by atoms with van der Waals surface area (Å²) < 4.78 is 11.0. The number of nitrogens with zero attached hydrogens (tertiary/aromatic N) is 4. The van der Waals surface area contributed by atoms with Crippen LogP contribution in [-0.4, -0.2) is 74.1 Å². The predicted molar refractivity (Wildman–Crippen MR) is 119 cm³/mol. The fraction of sp³-hybridized carbons (Fsp3) is 0.455. The number of hydrogen-bond donors (Lipinski definition) is 2. The minimum atomic E-state index is 0.681. The lowest BCUT2D eigenvalue weighted by atomic mass is 10.1. The molecule has 0 radical (unpaired) electrons. The zero-order valence-corrected chi connectivity index (χ0v) is 17.1. The molecule has 0 unspecified atom stereocenters. The first-order valence-corrected chi connectivity index (χ1v) is 10.7. The third kappa shape index (κ3) is 4.20.